The van der Waals surface area contributed by atoms with E-state index in [2.05, 4.69) is 17.1 Å². The van der Waals surface area contributed by atoms with Crippen LogP contribution in [0.3, 0.4) is 0 Å². The van der Waals surface area contributed by atoms with Crippen LogP contribution in [0, 0.1) is 0 Å². The Kier molecular flexibility index (Phi) is 10.1. The molecule has 0 aromatic carbocycles. The number of carbonyl (C=O) groups is 1. The second-order valence-electron chi connectivity index (χ2n) is 1.56. The Morgan fingerprint density at radius 3 is 2.27 bits per heavy atom. The Morgan fingerprint density at radius 1 is 1.55 bits per heavy atom. The van der Waals surface area contributed by atoms with Crippen LogP contribution in [0.5, 0.6) is 0 Å². The van der Waals surface area contributed by atoms with Crippen LogP contribution in [0.25, 0.3) is 0 Å². The standard InChI is InChI=1S/C6H10N2O.C2H6/c1-5(6(2)9)4-8-7-3;1-2/h4,7H,1H2,2-3H3;1-2H3/b8-4-;. The van der Waals surface area contributed by atoms with Crippen molar-refractivity contribution in [3.8, 4) is 0 Å². The number of hydrogen-bond acceptors (Lipinski definition) is 3. The number of hydrazone groups is 1. The van der Waals surface area contributed by atoms with Gasteiger partial charge >= 0.3 is 0 Å². The van der Waals surface area contributed by atoms with Crippen molar-refractivity contribution in [3.05, 3.63) is 12.2 Å². The van der Waals surface area contributed by atoms with Crippen LogP contribution in [-0.2, 0) is 4.79 Å². The molecular formula is C8H16N2O. The van der Waals surface area contributed by atoms with E-state index in [0.29, 0.717) is 5.57 Å². The largest absolute Gasteiger partial charge is 0.313 e. The van der Waals surface area contributed by atoms with E-state index < -0.39 is 0 Å². The monoisotopic (exact) mass is 156 g/mol. The molecule has 0 aliphatic carbocycles. The minimum absolute atomic E-state index is 0.0611. The Bertz CT molecular complexity index is 150. The Hall–Kier alpha value is -1.12. The summed E-state index contributed by atoms with van der Waals surface area (Å²) in [6.07, 6.45) is 1.39. The van der Waals surface area contributed by atoms with E-state index in [1.165, 1.54) is 13.1 Å². The molecule has 0 saturated carbocycles. The highest BCUT2D eigenvalue weighted by atomic mass is 16.1. The van der Waals surface area contributed by atoms with Crippen LogP contribution in [0.2, 0.25) is 0 Å². The van der Waals surface area contributed by atoms with Crippen LogP contribution >= 0.6 is 0 Å². The van der Waals surface area contributed by atoms with Crippen LogP contribution in [0.15, 0.2) is 17.3 Å². The molecule has 0 aliphatic heterocycles. The van der Waals surface area contributed by atoms with Gasteiger partial charge in [0.2, 0.25) is 0 Å². The summed E-state index contributed by atoms with van der Waals surface area (Å²) in [6, 6.07) is 0. The van der Waals surface area contributed by atoms with Gasteiger partial charge in [-0.15, -0.1) is 0 Å². The van der Waals surface area contributed by atoms with E-state index in [1.807, 2.05) is 13.8 Å². The number of rotatable bonds is 3. The number of carbonyl (C=O) groups excluding carboxylic acids is 1. The molecule has 0 heterocycles. The SMILES string of the molecule is C=C(/C=N\NC)C(C)=O.CC. The summed E-state index contributed by atoms with van der Waals surface area (Å²) in [4.78, 5) is 10.4. The fraction of sp³-hybridized carbons (Fsp3) is 0.500. The first kappa shape index (κ1) is 12.5. The lowest BCUT2D eigenvalue weighted by Gasteiger charge is -1.88. The number of ketones is 1. The van der Waals surface area contributed by atoms with E-state index in [0.717, 1.165) is 0 Å². The van der Waals surface area contributed by atoms with Gasteiger partial charge in [-0.3, -0.25) is 4.79 Å². The van der Waals surface area contributed by atoms with Gasteiger partial charge in [-0.25, -0.2) is 0 Å². The van der Waals surface area contributed by atoms with E-state index in [9.17, 15) is 4.79 Å². The normalized spacial score (nSPS) is 8.36. The van der Waals surface area contributed by atoms with Crippen molar-refractivity contribution in [2.75, 3.05) is 7.05 Å². The van der Waals surface area contributed by atoms with Crippen molar-refractivity contribution in [1.29, 1.82) is 0 Å². The van der Waals surface area contributed by atoms with Gasteiger partial charge in [0.15, 0.2) is 5.78 Å². The third-order valence-corrected chi connectivity index (χ3v) is 0.802. The lowest BCUT2D eigenvalue weighted by Crippen LogP contribution is -2.00. The quantitative estimate of drug-likeness (QED) is 0.381. The van der Waals surface area contributed by atoms with Gasteiger partial charge in [-0.2, -0.15) is 5.10 Å². The summed E-state index contributed by atoms with van der Waals surface area (Å²) < 4.78 is 0. The number of Topliss-reactive ketones (excluding diaryl/α,β-unsaturated/α-hetero) is 1. The molecule has 0 saturated heterocycles. The molecule has 1 N–H and O–H groups in total. The van der Waals surface area contributed by atoms with E-state index in [-0.39, 0.29) is 5.78 Å². The Morgan fingerprint density at radius 2 is 2.00 bits per heavy atom. The first-order valence-corrected chi connectivity index (χ1v) is 3.58. The lowest BCUT2D eigenvalue weighted by molar-refractivity contribution is -0.113. The molecule has 3 nitrogen and oxygen atoms in total. The molecule has 0 bridgehead atoms. The first-order valence-electron chi connectivity index (χ1n) is 3.58. The first-order chi connectivity index (χ1) is 5.18. The number of nitrogens with one attached hydrogen (secondary N) is 1. The smallest absolute Gasteiger partial charge is 0.160 e. The number of nitrogens with zero attached hydrogens (tertiary/aromatic N) is 1. The molecule has 0 unspecified atom stereocenters. The molecule has 0 spiro atoms. The molecule has 0 aromatic heterocycles. The van der Waals surface area contributed by atoms with Gasteiger partial charge in [0.1, 0.15) is 0 Å². The van der Waals surface area contributed by atoms with Crippen molar-refractivity contribution in [2.24, 2.45) is 5.10 Å². The number of allylic oxidation sites excluding steroid dienone is 1. The molecule has 0 fully saturated rings. The Labute approximate surface area is 68.2 Å². The van der Waals surface area contributed by atoms with Crippen LogP contribution in [0.1, 0.15) is 20.8 Å². The molecule has 0 aliphatic rings. The molecule has 11 heavy (non-hydrogen) atoms. The summed E-state index contributed by atoms with van der Waals surface area (Å²) in [6.45, 7) is 8.90. The molecule has 0 atom stereocenters. The van der Waals surface area contributed by atoms with Crippen molar-refractivity contribution in [1.82, 2.24) is 5.43 Å². The van der Waals surface area contributed by atoms with Crippen molar-refractivity contribution < 1.29 is 4.79 Å². The van der Waals surface area contributed by atoms with Crippen molar-refractivity contribution in [2.45, 2.75) is 20.8 Å². The van der Waals surface area contributed by atoms with Gasteiger partial charge in [0.05, 0.1) is 6.21 Å². The highest BCUT2D eigenvalue weighted by Gasteiger charge is 1.92. The average molecular weight is 156 g/mol. The fourth-order valence-corrected chi connectivity index (χ4v) is 0.233. The van der Waals surface area contributed by atoms with E-state index in [1.54, 1.807) is 7.05 Å². The van der Waals surface area contributed by atoms with E-state index in [4.69, 9.17) is 0 Å². The van der Waals surface area contributed by atoms with Gasteiger partial charge < -0.3 is 5.43 Å². The van der Waals surface area contributed by atoms with Gasteiger partial charge in [0.25, 0.3) is 0 Å². The maximum atomic E-state index is 10.4. The van der Waals surface area contributed by atoms with Gasteiger partial charge in [0, 0.05) is 12.6 Å². The van der Waals surface area contributed by atoms with E-state index >= 15 is 0 Å². The predicted octanol–water partition coefficient (Wildman–Crippen LogP) is 1.36. The van der Waals surface area contributed by atoms with Gasteiger partial charge in [-0.1, -0.05) is 20.4 Å². The molecule has 64 valence electrons. The molecule has 0 amide bonds. The fourth-order valence-electron chi connectivity index (χ4n) is 0.233. The maximum Gasteiger partial charge on any atom is 0.160 e. The Balaban J connectivity index is 0. The lowest BCUT2D eigenvalue weighted by atomic mass is 10.2. The minimum atomic E-state index is -0.0611. The highest BCUT2D eigenvalue weighted by Crippen LogP contribution is 1.84. The van der Waals surface area contributed by atoms with Crippen LogP contribution < -0.4 is 5.43 Å². The van der Waals surface area contributed by atoms with Crippen LogP contribution in [0.4, 0.5) is 0 Å². The number of hydrogen-bond donors (Lipinski definition) is 1. The zero-order valence-electron chi connectivity index (χ0n) is 7.64. The molecule has 0 radical (unpaired) electrons. The molecular weight excluding hydrogens is 140 g/mol. The van der Waals surface area contributed by atoms with Crippen molar-refractivity contribution in [3.63, 3.8) is 0 Å². The summed E-state index contributed by atoms with van der Waals surface area (Å²) in [5.74, 6) is -0.0611. The van der Waals surface area contributed by atoms with Crippen molar-refractivity contribution >= 4 is 12.0 Å². The molecule has 0 rings (SSSR count). The second-order valence-corrected chi connectivity index (χ2v) is 1.56. The summed E-state index contributed by atoms with van der Waals surface area (Å²) >= 11 is 0. The maximum absolute atomic E-state index is 10.4. The molecule has 0 aromatic rings. The van der Waals surface area contributed by atoms with Gasteiger partial charge in [-0.05, 0) is 6.92 Å². The third kappa shape index (κ3) is 8.88. The minimum Gasteiger partial charge on any atom is -0.313 e. The average Bonchev–Trinajstić information content (AvgIpc) is 2.03. The second kappa shape index (κ2) is 8.88. The zero-order valence-corrected chi connectivity index (χ0v) is 7.64. The summed E-state index contributed by atoms with van der Waals surface area (Å²) in [5, 5.41) is 3.60. The zero-order chi connectivity index (χ0) is 9.28. The third-order valence-electron chi connectivity index (χ3n) is 0.802. The van der Waals surface area contributed by atoms with Crippen LogP contribution in [-0.4, -0.2) is 19.0 Å². The topological polar surface area (TPSA) is 41.5 Å². The summed E-state index contributed by atoms with van der Waals surface area (Å²) in [7, 11) is 1.66. The predicted molar refractivity (Wildman–Crippen MR) is 48.7 cm³/mol. The summed E-state index contributed by atoms with van der Waals surface area (Å²) in [5.41, 5.74) is 2.92. The highest BCUT2D eigenvalue weighted by molar-refractivity contribution is 6.11. The molecule has 3 heteroatoms.